The van der Waals surface area contributed by atoms with Gasteiger partial charge in [-0.05, 0) is 49.4 Å². The van der Waals surface area contributed by atoms with Crippen molar-refractivity contribution in [1.82, 2.24) is 19.7 Å². The number of nitrogens with one attached hydrogen (secondary N) is 1. The average molecular weight is 460 g/mol. The van der Waals surface area contributed by atoms with Gasteiger partial charge in [-0.25, -0.2) is 4.98 Å². The number of rotatable bonds is 3. The number of fused-ring (bicyclic) bond motifs is 4. The highest BCUT2D eigenvalue weighted by molar-refractivity contribution is 6.12. The van der Waals surface area contributed by atoms with Crippen LogP contribution in [0, 0.1) is 6.92 Å². The van der Waals surface area contributed by atoms with Crippen molar-refractivity contribution in [2.75, 3.05) is 31.8 Å². The van der Waals surface area contributed by atoms with Crippen molar-refractivity contribution in [2.24, 2.45) is 0 Å². The number of aromatic nitrogens is 4. The summed E-state index contributed by atoms with van der Waals surface area (Å²) in [6, 6.07) is 5.73. The van der Waals surface area contributed by atoms with E-state index in [2.05, 4.69) is 15.1 Å². The van der Waals surface area contributed by atoms with Crippen LogP contribution in [-0.2, 0) is 11.2 Å². The van der Waals surface area contributed by atoms with Gasteiger partial charge in [0.1, 0.15) is 0 Å². The molecule has 0 spiro atoms. The Labute approximate surface area is 195 Å². The van der Waals surface area contributed by atoms with Gasteiger partial charge in [0.15, 0.2) is 0 Å². The maximum absolute atomic E-state index is 13.6. The SMILES string of the molecule is COc1cc2c(cn1)N(C(=O)c1cc3[nH]c(=O)c4cnn(C5CCCOC5)c4c3cc1C)CC2. The molecule has 174 valence electrons. The molecule has 9 nitrogen and oxygen atoms in total. The average Bonchev–Trinajstić information content (AvgIpc) is 3.49. The number of methoxy groups -OCH3 is 1. The quantitative estimate of drug-likeness (QED) is 0.505. The summed E-state index contributed by atoms with van der Waals surface area (Å²) in [6.45, 7) is 3.83. The first-order chi connectivity index (χ1) is 16.5. The van der Waals surface area contributed by atoms with Gasteiger partial charge >= 0.3 is 0 Å². The van der Waals surface area contributed by atoms with Crippen molar-refractivity contribution in [3.05, 3.63) is 57.6 Å². The molecule has 0 saturated carbocycles. The van der Waals surface area contributed by atoms with Crippen LogP contribution in [0.25, 0.3) is 21.8 Å². The molecule has 9 heteroatoms. The second-order valence-corrected chi connectivity index (χ2v) is 8.95. The van der Waals surface area contributed by atoms with Crippen molar-refractivity contribution < 1.29 is 14.3 Å². The van der Waals surface area contributed by atoms with Crippen LogP contribution in [0.1, 0.15) is 40.4 Å². The molecule has 1 aromatic carbocycles. The smallest absolute Gasteiger partial charge is 0.259 e. The molecule has 0 aliphatic carbocycles. The number of anilines is 1. The van der Waals surface area contributed by atoms with E-state index in [-0.39, 0.29) is 17.5 Å². The van der Waals surface area contributed by atoms with Gasteiger partial charge < -0.3 is 19.4 Å². The number of hydrogen-bond acceptors (Lipinski definition) is 6. The number of aryl methyl sites for hydroxylation is 1. The number of benzene rings is 1. The van der Waals surface area contributed by atoms with Crippen LogP contribution in [0.15, 0.2) is 35.4 Å². The number of carbonyl (C=O) groups excluding carboxylic acids is 1. The van der Waals surface area contributed by atoms with Crippen molar-refractivity contribution in [3.8, 4) is 5.88 Å². The molecule has 0 bridgehead atoms. The summed E-state index contributed by atoms with van der Waals surface area (Å²) in [6.07, 6.45) is 5.97. The highest BCUT2D eigenvalue weighted by Gasteiger charge is 2.28. The standard InChI is InChI=1S/C25H25N5O4/c1-14-8-18-20(28-24(31)19-11-27-30(23(18)19)16-4-3-7-34-13-16)10-17(14)25(32)29-6-5-15-9-22(33-2)26-12-21(15)29/h8-12,16H,3-7,13H2,1-2H3,(H,28,31). The fraction of sp³-hybridized carbons (Fsp3) is 0.360. The number of ether oxygens (including phenoxy) is 2. The molecule has 4 aromatic rings. The molecule has 1 atom stereocenters. The van der Waals surface area contributed by atoms with Crippen LogP contribution in [0.5, 0.6) is 5.88 Å². The summed E-state index contributed by atoms with van der Waals surface area (Å²) in [5, 5.41) is 5.96. The first-order valence-corrected chi connectivity index (χ1v) is 11.5. The normalized spacial score (nSPS) is 17.9. The van der Waals surface area contributed by atoms with Crippen molar-refractivity contribution >= 4 is 33.4 Å². The molecule has 5 heterocycles. The summed E-state index contributed by atoms with van der Waals surface area (Å²) in [5.41, 5.74) is 4.43. The maximum Gasteiger partial charge on any atom is 0.259 e. The number of carbonyl (C=O) groups is 1. The summed E-state index contributed by atoms with van der Waals surface area (Å²) < 4.78 is 12.8. The Morgan fingerprint density at radius 2 is 2.12 bits per heavy atom. The van der Waals surface area contributed by atoms with E-state index in [0.29, 0.717) is 35.5 Å². The van der Waals surface area contributed by atoms with Gasteiger partial charge in [-0.2, -0.15) is 5.10 Å². The zero-order valence-corrected chi connectivity index (χ0v) is 19.1. The molecular formula is C25H25N5O4. The first kappa shape index (κ1) is 20.9. The first-order valence-electron chi connectivity index (χ1n) is 11.5. The Balaban J connectivity index is 1.45. The predicted molar refractivity (Wildman–Crippen MR) is 128 cm³/mol. The minimum Gasteiger partial charge on any atom is -0.481 e. The molecule has 2 aliphatic rings. The molecule has 1 fully saturated rings. The third-order valence-electron chi connectivity index (χ3n) is 6.91. The number of nitrogens with zero attached hydrogens (tertiary/aromatic N) is 4. The molecule has 1 unspecified atom stereocenters. The van der Waals surface area contributed by atoms with E-state index >= 15 is 0 Å². The molecule has 6 rings (SSSR count). The Morgan fingerprint density at radius 1 is 1.24 bits per heavy atom. The lowest BCUT2D eigenvalue weighted by molar-refractivity contribution is 0.0565. The Morgan fingerprint density at radius 3 is 2.91 bits per heavy atom. The number of H-pyrrole nitrogens is 1. The second-order valence-electron chi connectivity index (χ2n) is 8.95. The molecule has 34 heavy (non-hydrogen) atoms. The molecule has 2 aliphatic heterocycles. The largest absolute Gasteiger partial charge is 0.481 e. The summed E-state index contributed by atoms with van der Waals surface area (Å²) in [5.74, 6) is 0.428. The lowest BCUT2D eigenvalue weighted by Crippen LogP contribution is -2.29. The zero-order valence-electron chi connectivity index (χ0n) is 19.1. The molecule has 1 N–H and O–H groups in total. The highest BCUT2D eigenvalue weighted by atomic mass is 16.5. The van der Waals surface area contributed by atoms with E-state index in [0.717, 1.165) is 53.6 Å². The van der Waals surface area contributed by atoms with E-state index in [1.807, 2.05) is 23.7 Å². The van der Waals surface area contributed by atoms with Gasteiger partial charge in [0.2, 0.25) is 5.88 Å². The van der Waals surface area contributed by atoms with Crippen LogP contribution < -0.4 is 15.2 Å². The summed E-state index contributed by atoms with van der Waals surface area (Å²) in [7, 11) is 1.58. The minimum atomic E-state index is -0.212. The van der Waals surface area contributed by atoms with Crippen LogP contribution in [-0.4, -0.2) is 52.5 Å². The van der Waals surface area contributed by atoms with Gasteiger partial charge in [0.25, 0.3) is 11.5 Å². The third kappa shape index (κ3) is 3.19. The second kappa shape index (κ2) is 7.95. The van der Waals surface area contributed by atoms with Crippen molar-refractivity contribution in [1.29, 1.82) is 0 Å². The van der Waals surface area contributed by atoms with E-state index in [1.165, 1.54) is 0 Å². The minimum absolute atomic E-state index is 0.0865. The van der Waals surface area contributed by atoms with Crippen molar-refractivity contribution in [2.45, 2.75) is 32.2 Å². The maximum atomic E-state index is 13.6. The lowest BCUT2D eigenvalue weighted by atomic mass is 10.0. The van der Waals surface area contributed by atoms with Crippen LogP contribution in [0.2, 0.25) is 0 Å². The van der Waals surface area contributed by atoms with E-state index in [9.17, 15) is 9.59 Å². The third-order valence-corrected chi connectivity index (χ3v) is 6.91. The summed E-state index contributed by atoms with van der Waals surface area (Å²) in [4.78, 5) is 35.4. The number of hydrogen-bond donors (Lipinski definition) is 1. The Kier molecular flexibility index (Phi) is 4.88. The summed E-state index contributed by atoms with van der Waals surface area (Å²) >= 11 is 0. The molecular weight excluding hydrogens is 434 g/mol. The zero-order chi connectivity index (χ0) is 23.4. The van der Waals surface area contributed by atoms with Gasteiger partial charge in [-0.15, -0.1) is 0 Å². The van der Waals surface area contributed by atoms with E-state index in [1.54, 1.807) is 30.5 Å². The monoisotopic (exact) mass is 459 g/mol. The molecule has 3 aromatic heterocycles. The molecule has 1 saturated heterocycles. The lowest BCUT2D eigenvalue weighted by Gasteiger charge is -2.23. The Hall–Kier alpha value is -3.72. The van der Waals surface area contributed by atoms with Gasteiger partial charge in [0.05, 0.1) is 54.3 Å². The Bertz CT molecular complexity index is 1500. The van der Waals surface area contributed by atoms with Crippen LogP contribution in [0.3, 0.4) is 0 Å². The van der Waals surface area contributed by atoms with Gasteiger partial charge in [-0.3, -0.25) is 14.3 Å². The number of amides is 1. The van der Waals surface area contributed by atoms with Gasteiger partial charge in [0, 0.05) is 30.2 Å². The van der Waals surface area contributed by atoms with Crippen LogP contribution in [0.4, 0.5) is 5.69 Å². The van der Waals surface area contributed by atoms with Crippen molar-refractivity contribution in [3.63, 3.8) is 0 Å². The topological polar surface area (TPSA) is 102 Å². The predicted octanol–water partition coefficient (Wildman–Crippen LogP) is 3.14. The van der Waals surface area contributed by atoms with Gasteiger partial charge in [-0.1, -0.05) is 0 Å². The van der Waals surface area contributed by atoms with Crippen LogP contribution >= 0.6 is 0 Å². The van der Waals surface area contributed by atoms with E-state index in [4.69, 9.17) is 9.47 Å². The number of aromatic amines is 1. The fourth-order valence-electron chi connectivity index (χ4n) is 5.15. The molecule has 1 amide bonds. The molecule has 0 radical (unpaired) electrons. The fourth-order valence-corrected chi connectivity index (χ4v) is 5.15. The highest BCUT2D eigenvalue weighted by Crippen LogP contribution is 2.33. The number of pyridine rings is 2. The van der Waals surface area contributed by atoms with E-state index < -0.39 is 0 Å².